The van der Waals surface area contributed by atoms with Crippen LogP contribution in [0.3, 0.4) is 0 Å². The topological polar surface area (TPSA) is 54.2 Å². The Morgan fingerprint density at radius 2 is 2.40 bits per heavy atom. The predicted molar refractivity (Wildman–Crippen MR) is 59.7 cm³/mol. The molecule has 2 heterocycles. The number of rotatable bonds is 2. The Morgan fingerprint density at radius 1 is 1.60 bits per heavy atom. The van der Waals surface area contributed by atoms with E-state index in [1.165, 1.54) is 0 Å². The maximum atomic E-state index is 10.2. The van der Waals surface area contributed by atoms with E-state index < -0.39 is 6.10 Å². The normalized spacial score (nSPS) is 25.4. The molecule has 1 fully saturated rings. The third-order valence-electron chi connectivity index (χ3n) is 2.86. The van der Waals surface area contributed by atoms with E-state index in [1.54, 1.807) is 10.9 Å². The van der Waals surface area contributed by atoms with Gasteiger partial charge in [-0.3, -0.25) is 4.90 Å². The van der Waals surface area contributed by atoms with Gasteiger partial charge in [-0.2, -0.15) is 11.8 Å². The average Bonchev–Trinajstić information content (AvgIpc) is 2.64. The van der Waals surface area contributed by atoms with E-state index in [0.29, 0.717) is 0 Å². The van der Waals surface area contributed by atoms with Crippen LogP contribution in [0, 0.1) is 0 Å². The number of likely N-dealkylation sites (N-methyl/N-ethyl adjacent to an activating group) is 1. The largest absolute Gasteiger partial charge is 0.385 e. The zero-order valence-electron chi connectivity index (χ0n) is 9.00. The summed E-state index contributed by atoms with van der Waals surface area (Å²) in [5, 5.41) is 17.9. The predicted octanol–water partition coefficient (Wildman–Crippen LogP) is -0.104. The summed E-state index contributed by atoms with van der Waals surface area (Å²) in [6.45, 7) is 1.03. The number of hydrogen-bond acceptors (Lipinski definition) is 5. The van der Waals surface area contributed by atoms with Crippen molar-refractivity contribution in [3.8, 4) is 0 Å². The van der Waals surface area contributed by atoms with Crippen LogP contribution in [0.2, 0.25) is 0 Å². The molecule has 2 rings (SSSR count). The first-order chi connectivity index (χ1) is 7.20. The first kappa shape index (κ1) is 10.9. The van der Waals surface area contributed by atoms with Crippen molar-refractivity contribution in [3.63, 3.8) is 0 Å². The van der Waals surface area contributed by atoms with Gasteiger partial charge in [0.1, 0.15) is 6.10 Å². The SMILES string of the molecule is CN1CCSCC1C(O)c1cnnn1C. The number of thioether (sulfide) groups is 1. The highest BCUT2D eigenvalue weighted by atomic mass is 32.2. The Morgan fingerprint density at radius 3 is 3.00 bits per heavy atom. The summed E-state index contributed by atoms with van der Waals surface area (Å²) in [4.78, 5) is 2.20. The number of nitrogens with zero attached hydrogens (tertiary/aromatic N) is 4. The van der Waals surface area contributed by atoms with E-state index >= 15 is 0 Å². The van der Waals surface area contributed by atoms with Crippen LogP contribution >= 0.6 is 11.8 Å². The fourth-order valence-corrected chi connectivity index (χ4v) is 3.06. The van der Waals surface area contributed by atoms with Crippen LogP contribution in [0.15, 0.2) is 6.20 Å². The quantitative estimate of drug-likeness (QED) is 0.766. The lowest BCUT2D eigenvalue weighted by atomic mass is 10.1. The van der Waals surface area contributed by atoms with E-state index in [2.05, 4.69) is 22.3 Å². The third-order valence-corrected chi connectivity index (χ3v) is 3.91. The highest BCUT2D eigenvalue weighted by Crippen LogP contribution is 2.25. The molecule has 15 heavy (non-hydrogen) atoms. The molecule has 0 spiro atoms. The monoisotopic (exact) mass is 228 g/mol. The van der Waals surface area contributed by atoms with Gasteiger partial charge in [-0.15, -0.1) is 5.10 Å². The standard InChI is InChI=1S/C9H16N4OS/c1-12-3-4-15-6-8(12)9(14)7-5-10-11-13(7)2/h5,8-9,14H,3-4,6H2,1-2H3. The van der Waals surface area contributed by atoms with Crippen molar-refractivity contribution in [3.05, 3.63) is 11.9 Å². The molecule has 0 bridgehead atoms. The maximum absolute atomic E-state index is 10.2. The molecule has 1 aliphatic heterocycles. The fraction of sp³-hybridized carbons (Fsp3) is 0.778. The summed E-state index contributed by atoms with van der Waals surface area (Å²) in [5.74, 6) is 2.10. The Labute approximate surface area is 93.5 Å². The molecule has 1 saturated heterocycles. The van der Waals surface area contributed by atoms with E-state index in [0.717, 1.165) is 23.7 Å². The Hall–Kier alpha value is -0.590. The van der Waals surface area contributed by atoms with Gasteiger partial charge >= 0.3 is 0 Å². The molecule has 0 radical (unpaired) electrons. The molecular weight excluding hydrogens is 212 g/mol. The molecular formula is C9H16N4OS. The first-order valence-electron chi connectivity index (χ1n) is 5.01. The molecule has 5 nitrogen and oxygen atoms in total. The van der Waals surface area contributed by atoms with E-state index in [1.807, 2.05) is 18.8 Å². The average molecular weight is 228 g/mol. The van der Waals surface area contributed by atoms with Crippen LogP contribution < -0.4 is 0 Å². The van der Waals surface area contributed by atoms with Crippen LogP contribution in [0.1, 0.15) is 11.8 Å². The Kier molecular flexibility index (Phi) is 3.28. The molecule has 0 aliphatic carbocycles. The van der Waals surface area contributed by atoms with Crippen molar-refractivity contribution in [2.24, 2.45) is 7.05 Å². The van der Waals surface area contributed by atoms with Gasteiger partial charge in [0.05, 0.1) is 17.9 Å². The lowest BCUT2D eigenvalue weighted by Gasteiger charge is -2.35. The number of aliphatic hydroxyl groups is 1. The van der Waals surface area contributed by atoms with E-state index in [-0.39, 0.29) is 6.04 Å². The first-order valence-corrected chi connectivity index (χ1v) is 6.16. The van der Waals surface area contributed by atoms with Crippen LogP contribution in [0.25, 0.3) is 0 Å². The molecule has 1 N–H and O–H groups in total. The van der Waals surface area contributed by atoms with E-state index in [4.69, 9.17) is 0 Å². The zero-order valence-corrected chi connectivity index (χ0v) is 9.81. The molecule has 1 aliphatic rings. The Balaban J connectivity index is 2.13. The molecule has 0 saturated carbocycles. The van der Waals surface area contributed by atoms with Gasteiger partial charge in [0.15, 0.2) is 0 Å². The van der Waals surface area contributed by atoms with Crippen LogP contribution in [0.4, 0.5) is 0 Å². The second-order valence-corrected chi connectivity index (χ2v) is 5.00. The number of aromatic nitrogens is 3. The summed E-state index contributed by atoms with van der Waals surface area (Å²) in [6, 6.07) is 0.168. The van der Waals surface area contributed by atoms with Gasteiger partial charge in [-0.1, -0.05) is 5.21 Å². The molecule has 0 amide bonds. The van der Waals surface area contributed by atoms with Crippen molar-refractivity contribution in [2.75, 3.05) is 25.1 Å². The minimum absolute atomic E-state index is 0.168. The highest BCUT2D eigenvalue weighted by Gasteiger charge is 2.29. The molecule has 1 aromatic rings. The van der Waals surface area contributed by atoms with Gasteiger partial charge < -0.3 is 5.11 Å². The van der Waals surface area contributed by atoms with Crippen molar-refractivity contribution < 1.29 is 5.11 Å². The maximum Gasteiger partial charge on any atom is 0.113 e. The lowest BCUT2D eigenvalue weighted by molar-refractivity contribution is 0.0697. The molecule has 1 aromatic heterocycles. The van der Waals surface area contributed by atoms with Gasteiger partial charge in [0.2, 0.25) is 0 Å². The summed E-state index contributed by atoms with van der Waals surface area (Å²) >= 11 is 1.89. The van der Waals surface area contributed by atoms with Gasteiger partial charge in [0, 0.05) is 25.1 Å². The molecule has 6 heteroatoms. The van der Waals surface area contributed by atoms with Crippen molar-refractivity contribution in [1.82, 2.24) is 19.9 Å². The molecule has 2 unspecified atom stereocenters. The summed E-state index contributed by atoms with van der Waals surface area (Å²) in [5.41, 5.74) is 0.786. The number of aliphatic hydroxyl groups excluding tert-OH is 1. The summed E-state index contributed by atoms with van der Waals surface area (Å²) in [6.07, 6.45) is 1.14. The molecule has 0 aromatic carbocycles. The molecule has 84 valence electrons. The van der Waals surface area contributed by atoms with Crippen LogP contribution in [-0.2, 0) is 7.05 Å². The third kappa shape index (κ3) is 2.16. The van der Waals surface area contributed by atoms with Gasteiger partial charge in [-0.05, 0) is 7.05 Å². The fourth-order valence-electron chi connectivity index (χ4n) is 1.80. The van der Waals surface area contributed by atoms with Crippen LogP contribution in [-0.4, -0.2) is 56.1 Å². The number of hydrogen-bond donors (Lipinski definition) is 1. The lowest BCUT2D eigenvalue weighted by Crippen LogP contribution is -2.43. The minimum atomic E-state index is -0.497. The highest BCUT2D eigenvalue weighted by molar-refractivity contribution is 7.99. The second-order valence-electron chi connectivity index (χ2n) is 3.85. The van der Waals surface area contributed by atoms with Gasteiger partial charge in [0.25, 0.3) is 0 Å². The summed E-state index contributed by atoms with van der Waals surface area (Å²) in [7, 11) is 3.86. The minimum Gasteiger partial charge on any atom is -0.385 e. The molecule has 2 atom stereocenters. The van der Waals surface area contributed by atoms with Crippen molar-refractivity contribution in [2.45, 2.75) is 12.1 Å². The smallest absolute Gasteiger partial charge is 0.113 e. The second kappa shape index (κ2) is 4.51. The van der Waals surface area contributed by atoms with Crippen molar-refractivity contribution >= 4 is 11.8 Å². The van der Waals surface area contributed by atoms with E-state index in [9.17, 15) is 5.11 Å². The van der Waals surface area contributed by atoms with Crippen LogP contribution in [0.5, 0.6) is 0 Å². The van der Waals surface area contributed by atoms with Gasteiger partial charge in [-0.25, -0.2) is 4.68 Å². The zero-order chi connectivity index (χ0) is 10.8. The number of aryl methyl sites for hydroxylation is 1. The van der Waals surface area contributed by atoms with Crippen molar-refractivity contribution in [1.29, 1.82) is 0 Å². The summed E-state index contributed by atoms with van der Waals surface area (Å²) < 4.78 is 1.64. The Bertz CT molecular complexity index is 330.